The van der Waals surface area contributed by atoms with Crippen LogP contribution in [0.2, 0.25) is 0 Å². The van der Waals surface area contributed by atoms with E-state index in [1.54, 1.807) is 0 Å². The number of hydrogen-bond donors (Lipinski definition) is 1. The van der Waals surface area contributed by atoms with Crippen molar-refractivity contribution in [2.45, 2.75) is 31.8 Å². The maximum Gasteiger partial charge on any atom is 0.0233 e. The molecule has 1 fully saturated rings. The standard InChI is InChI=1S/C24H28N2/c1-2-7-20(8-3-1)19-26-17-14-23(15-18-26)25-16-13-22-11-6-10-21-9-4-5-12-24(21)22/h1-12,23,25H,13-19H2. The number of fused-ring (bicyclic) bond motifs is 1. The fourth-order valence-electron chi connectivity index (χ4n) is 4.06. The summed E-state index contributed by atoms with van der Waals surface area (Å²) in [5.74, 6) is 0. The predicted octanol–water partition coefficient (Wildman–Crippen LogP) is 4.64. The number of benzene rings is 3. The van der Waals surface area contributed by atoms with Crippen molar-refractivity contribution in [3.8, 4) is 0 Å². The Balaban J connectivity index is 1.24. The lowest BCUT2D eigenvalue weighted by atomic mass is 10.0. The lowest BCUT2D eigenvalue weighted by Gasteiger charge is -2.32. The molecule has 1 N–H and O–H groups in total. The van der Waals surface area contributed by atoms with E-state index in [9.17, 15) is 0 Å². The summed E-state index contributed by atoms with van der Waals surface area (Å²) < 4.78 is 0. The fraction of sp³-hybridized carbons (Fsp3) is 0.333. The van der Waals surface area contributed by atoms with Gasteiger partial charge in [0.2, 0.25) is 0 Å². The second-order valence-corrected chi connectivity index (χ2v) is 7.38. The Bertz CT molecular complexity index is 814. The minimum absolute atomic E-state index is 0.664. The van der Waals surface area contributed by atoms with Gasteiger partial charge >= 0.3 is 0 Å². The third-order valence-corrected chi connectivity index (χ3v) is 5.54. The van der Waals surface area contributed by atoms with Crippen LogP contribution in [0.25, 0.3) is 10.8 Å². The van der Waals surface area contributed by atoms with Crippen molar-refractivity contribution in [2.75, 3.05) is 19.6 Å². The van der Waals surface area contributed by atoms with Crippen LogP contribution in [0.15, 0.2) is 72.8 Å². The summed E-state index contributed by atoms with van der Waals surface area (Å²) >= 11 is 0. The predicted molar refractivity (Wildman–Crippen MR) is 110 cm³/mol. The Labute approximate surface area is 156 Å². The molecule has 3 aromatic rings. The zero-order valence-corrected chi connectivity index (χ0v) is 15.4. The topological polar surface area (TPSA) is 15.3 Å². The van der Waals surface area contributed by atoms with Crippen LogP contribution in [-0.2, 0) is 13.0 Å². The second-order valence-electron chi connectivity index (χ2n) is 7.38. The molecule has 4 rings (SSSR count). The van der Waals surface area contributed by atoms with Gasteiger partial charge in [-0.15, -0.1) is 0 Å². The maximum absolute atomic E-state index is 3.79. The zero-order chi connectivity index (χ0) is 17.6. The Morgan fingerprint density at radius 2 is 1.54 bits per heavy atom. The van der Waals surface area contributed by atoms with Crippen molar-refractivity contribution >= 4 is 10.8 Å². The highest BCUT2D eigenvalue weighted by atomic mass is 15.1. The van der Waals surface area contributed by atoms with Crippen LogP contribution in [-0.4, -0.2) is 30.6 Å². The van der Waals surface area contributed by atoms with Crippen molar-refractivity contribution in [2.24, 2.45) is 0 Å². The lowest BCUT2D eigenvalue weighted by Crippen LogP contribution is -2.42. The normalized spacial score (nSPS) is 16.2. The van der Waals surface area contributed by atoms with Gasteiger partial charge in [-0.2, -0.15) is 0 Å². The van der Waals surface area contributed by atoms with Crippen LogP contribution in [0.5, 0.6) is 0 Å². The molecule has 0 aromatic heterocycles. The maximum atomic E-state index is 3.79. The highest BCUT2D eigenvalue weighted by Crippen LogP contribution is 2.19. The van der Waals surface area contributed by atoms with E-state index in [0.29, 0.717) is 6.04 Å². The van der Waals surface area contributed by atoms with Gasteiger partial charge in [-0.3, -0.25) is 4.90 Å². The molecular formula is C24H28N2. The van der Waals surface area contributed by atoms with Gasteiger partial charge in [0.05, 0.1) is 0 Å². The fourth-order valence-corrected chi connectivity index (χ4v) is 4.06. The molecule has 1 heterocycles. The molecule has 1 aliphatic rings. The smallest absolute Gasteiger partial charge is 0.0233 e. The van der Waals surface area contributed by atoms with E-state index in [0.717, 1.165) is 19.5 Å². The molecular weight excluding hydrogens is 316 g/mol. The van der Waals surface area contributed by atoms with Crippen molar-refractivity contribution < 1.29 is 0 Å². The first-order valence-electron chi connectivity index (χ1n) is 9.85. The molecule has 1 saturated heterocycles. The summed E-state index contributed by atoms with van der Waals surface area (Å²) in [6.45, 7) is 4.54. The van der Waals surface area contributed by atoms with E-state index in [-0.39, 0.29) is 0 Å². The molecule has 0 saturated carbocycles. The van der Waals surface area contributed by atoms with Gasteiger partial charge in [0.25, 0.3) is 0 Å². The van der Waals surface area contributed by atoms with Gasteiger partial charge in [0, 0.05) is 12.6 Å². The average molecular weight is 345 g/mol. The van der Waals surface area contributed by atoms with Crippen LogP contribution in [0.1, 0.15) is 24.0 Å². The Hall–Kier alpha value is -2.16. The Kier molecular flexibility index (Phi) is 5.63. The van der Waals surface area contributed by atoms with E-state index in [1.165, 1.54) is 47.8 Å². The number of nitrogens with one attached hydrogen (secondary N) is 1. The van der Waals surface area contributed by atoms with Crippen LogP contribution < -0.4 is 5.32 Å². The number of hydrogen-bond acceptors (Lipinski definition) is 2. The molecule has 3 aromatic carbocycles. The Morgan fingerprint density at radius 1 is 0.808 bits per heavy atom. The van der Waals surface area contributed by atoms with Gasteiger partial charge in [0.15, 0.2) is 0 Å². The second kappa shape index (κ2) is 8.48. The van der Waals surface area contributed by atoms with Gasteiger partial charge in [-0.25, -0.2) is 0 Å². The molecule has 0 aliphatic carbocycles. The third kappa shape index (κ3) is 4.32. The van der Waals surface area contributed by atoms with Gasteiger partial charge in [-0.05, 0) is 60.8 Å². The summed E-state index contributed by atoms with van der Waals surface area (Å²) in [6.07, 6.45) is 3.61. The minimum Gasteiger partial charge on any atom is -0.314 e. The van der Waals surface area contributed by atoms with Crippen LogP contribution >= 0.6 is 0 Å². The summed E-state index contributed by atoms with van der Waals surface area (Å²) in [4.78, 5) is 2.58. The van der Waals surface area contributed by atoms with E-state index in [4.69, 9.17) is 0 Å². The van der Waals surface area contributed by atoms with Crippen molar-refractivity contribution in [3.05, 3.63) is 83.9 Å². The molecule has 2 nitrogen and oxygen atoms in total. The number of piperidine rings is 1. The summed E-state index contributed by atoms with van der Waals surface area (Å²) in [5.41, 5.74) is 2.88. The van der Waals surface area contributed by atoms with Crippen LogP contribution in [0.3, 0.4) is 0 Å². The van der Waals surface area contributed by atoms with Gasteiger partial charge in [0.1, 0.15) is 0 Å². The van der Waals surface area contributed by atoms with Crippen molar-refractivity contribution in [1.29, 1.82) is 0 Å². The van der Waals surface area contributed by atoms with Crippen molar-refractivity contribution in [1.82, 2.24) is 10.2 Å². The number of rotatable bonds is 6. The Morgan fingerprint density at radius 3 is 2.38 bits per heavy atom. The molecule has 1 aliphatic heterocycles. The first-order chi connectivity index (χ1) is 12.9. The third-order valence-electron chi connectivity index (χ3n) is 5.54. The first kappa shape index (κ1) is 17.3. The molecule has 0 radical (unpaired) electrons. The number of likely N-dealkylation sites (tertiary alicyclic amines) is 1. The molecule has 0 amide bonds. The van der Waals surface area contributed by atoms with E-state index >= 15 is 0 Å². The molecule has 134 valence electrons. The lowest BCUT2D eigenvalue weighted by molar-refractivity contribution is 0.191. The number of nitrogens with zero attached hydrogens (tertiary/aromatic N) is 1. The summed E-state index contributed by atoms with van der Waals surface area (Å²) in [6, 6.07) is 26.8. The molecule has 26 heavy (non-hydrogen) atoms. The first-order valence-corrected chi connectivity index (χ1v) is 9.85. The molecule has 0 unspecified atom stereocenters. The summed E-state index contributed by atoms with van der Waals surface area (Å²) in [5, 5.41) is 6.54. The van der Waals surface area contributed by atoms with E-state index in [2.05, 4.69) is 83.0 Å². The van der Waals surface area contributed by atoms with E-state index < -0.39 is 0 Å². The summed E-state index contributed by atoms with van der Waals surface area (Å²) in [7, 11) is 0. The van der Waals surface area contributed by atoms with Gasteiger partial charge < -0.3 is 5.32 Å². The average Bonchev–Trinajstić information content (AvgIpc) is 2.70. The monoisotopic (exact) mass is 344 g/mol. The molecule has 0 bridgehead atoms. The van der Waals surface area contributed by atoms with Crippen LogP contribution in [0.4, 0.5) is 0 Å². The molecule has 0 atom stereocenters. The quantitative estimate of drug-likeness (QED) is 0.701. The molecule has 2 heteroatoms. The highest BCUT2D eigenvalue weighted by molar-refractivity contribution is 5.85. The van der Waals surface area contributed by atoms with Crippen LogP contribution in [0, 0.1) is 0 Å². The zero-order valence-electron chi connectivity index (χ0n) is 15.4. The van der Waals surface area contributed by atoms with Gasteiger partial charge in [-0.1, -0.05) is 72.8 Å². The van der Waals surface area contributed by atoms with E-state index in [1.807, 2.05) is 0 Å². The highest BCUT2D eigenvalue weighted by Gasteiger charge is 2.18. The SMILES string of the molecule is c1ccc(CN2CCC(NCCc3cccc4ccccc34)CC2)cc1. The van der Waals surface area contributed by atoms with Crippen molar-refractivity contribution in [3.63, 3.8) is 0 Å². The molecule has 0 spiro atoms. The largest absolute Gasteiger partial charge is 0.314 e. The minimum atomic E-state index is 0.664.